The summed E-state index contributed by atoms with van der Waals surface area (Å²) in [4.78, 5) is 0. The third-order valence-corrected chi connectivity index (χ3v) is 2.63. The van der Waals surface area contributed by atoms with E-state index < -0.39 is 24.5 Å². The maximum atomic E-state index is 13.1. The summed E-state index contributed by atoms with van der Waals surface area (Å²) in [5, 5.41) is 0. The summed E-state index contributed by atoms with van der Waals surface area (Å²) in [6.07, 6.45) is 0.0461. The zero-order chi connectivity index (χ0) is 10.3. The van der Waals surface area contributed by atoms with Crippen LogP contribution < -0.4 is 0 Å². The van der Waals surface area contributed by atoms with Crippen molar-refractivity contribution in [1.29, 1.82) is 0 Å². The molecule has 2 rings (SSSR count). The van der Waals surface area contributed by atoms with Crippen molar-refractivity contribution in [3.8, 4) is 0 Å². The predicted octanol–water partition coefficient (Wildman–Crippen LogP) is 3.53. The van der Waals surface area contributed by atoms with E-state index >= 15 is 0 Å². The van der Waals surface area contributed by atoms with E-state index in [2.05, 4.69) is 0 Å². The molecule has 0 saturated heterocycles. The SMILES string of the molecule is Fc1ccccc1[C@@H]1C[C@H]1[B-](F)(F)F. The summed E-state index contributed by atoms with van der Waals surface area (Å²) in [5.74, 6) is -2.46. The van der Waals surface area contributed by atoms with Crippen LogP contribution in [0.4, 0.5) is 17.3 Å². The van der Waals surface area contributed by atoms with Gasteiger partial charge in [-0.15, -0.1) is 0 Å². The van der Waals surface area contributed by atoms with E-state index in [1.807, 2.05) is 0 Å². The molecule has 0 aromatic heterocycles. The number of hydrogen-bond acceptors (Lipinski definition) is 0. The van der Waals surface area contributed by atoms with Gasteiger partial charge < -0.3 is 12.9 Å². The molecule has 0 bridgehead atoms. The maximum Gasteiger partial charge on any atom is 0.481 e. The van der Waals surface area contributed by atoms with Crippen LogP contribution in [0.25, 0.3) is 0 Å². The highest BCUT2D eigenvalue weighted by molar-refractivity contribution is 6.61. The summed E-state index contributed by atoms with van der Waals surface area (Å²) in [5.41, 5.74) is 0.205. The molecule has 1 saturated carbocycles. The molecule has 1 fully saturated rings. The van der Waals surface area contributed by atoms with Gasteiger partial charge in [-0.1, -0.05) is 30.4 Å². The second kappa shape index (κ2) is 3.00. The van der Waals surface area contributed by atoms with E-state index in [0.29, 0.717) is 0 Å². The Hall–Kier alpha value is -0.995. The fourth-order valence-electron chi connectivity index (χ4n) is 1.77. The molecule has 5 heteroatoms. The van der Waals surface area contributed by atoms with Crippen LogP contribution in [0.15, 0.2) is 24.3 Å². The fraction of sp³-hybridized carbons (Fsp3) is 0.333. The first-order valence-electron chi connectivity index (χ1n) is 4.44. The zero-order valence-corrected chi connectivity index (χ0v) is 7.26. The van der Waals surface area contributed by atoms with E-state index in [-0.39, 0.29) is 12.0 Å². The monoisotopic (exact) mass is 203 g/mol. The normalized spacial score (nSPS) is 26.3. The predicted molar refractivity (Wildman–Crippen MR) is 46.6 cm³/mol. The van der Waals surface area contributed by atoms with Gasteiger partial charge in [0.2, 0.25) is 0 Å². The van der Waals surface area contributed by atoms with Crippen molar-refractivity contribution in [2.45, 2.75) is 18.2 Å². The van der Waals surface area contributed by atoms with Crippen molar-refractivity contribution < 1.29 is 17.3 Å². The minimum atomic E-state index is -4.80. The zero-order valence-electron chi connectivity index (χ0n) is 7.26. The Morgan fingerprint density at radius 1 is 1.14 bits per heavy atom. The van der Waals surface area contributed by atoms with Crippen molar-refractivity contribution in [2.75, 3.05) is 0 Å². The third-order valence-electron chi connectivity index (χ3n) is 2.63. The highest BCUT2D eigenvalue weighted by atomic mass is 19.4. The second-order valence-electron chi connectivity index (χ2n) is 3.65. The Morgan fingerprint density at radius 3 is 2.29 bits per heavy atom. The van der Waals surface area contributed by atoms with Crippen LogP contribution in [0.2, 0.25) is 5.82 Å². The summed E-state index contributed by atoms with van der Waals surface area (Å²) in [7, 11) is 0. The van der Waals surface area contributed by atoms with E-state index in [1.165, 1.54) is 18.2 Å². The quantitative estimate of drug-likeness (QED) is 0.509. The molecule has 1 aromatic carbocycles. The lowest BCUT2D eigenvalue weighted by Gasteiger charge is -2.12. The highest BCUT2D eigenvalue weighted by Gasteiger charge is 2.51. The van der Waals surface area contributed by atoms with Gasteiger partial charge in [-0.05, 0) is 17.5 Å². The van der Waals surface area contributed by atoms with Crippen LogP contribution in [0, 0.1) is 5.82 Å². The van der Waals surface area contributed by atoms with Gasteiger partial charge in [0.25, 0.3) is 0 Å². The standard InChI is InChI=1S/C9H8BF4/c11-9-4-2-1-3-6(9)7-5-8(7)10(12,13)14/h1-4,7-8H,5H2/q-1/t7-,8+/m0/s1. The molecule has 0 N–H and O–H groups in total. The van der Waals surface area contributed by atoms with Gasteiger partial charge in [-0.25, -0.2) is 4.39 Å². The fourth-order valence-corrected chi connectivity index (χ4v) is 1.77. The van der Waals surface area contributed by atoms with Gasteiger partial charge >= 0.3 is 6.98 Å². The van der Waals surface area contributed by atoms with Gasteiger partial charge in [0.1, 0.15) is 5.82 Å². The van der Waals surface area contributed by atoms with Crippen molar-refractivity contribution >= 4 is 6.98 Å². The molecular formula is C9H8BF4-. The van der Waals surface area contributed by atoms with Crippen LogP contribution in [-0.2, 0) is 0 Å². The first kappa shape index (κ1) is 9.56. The number of halogens is 4. The largest absolute Gasteiger partial charge is 0.481 e. The average molecular weight is 203 g/mol. The molecule has 1 aromatic rings. The van der Waals surface area contributed by atoms with E-state index in [9.17, 15) is 17.3 Å². The lowest BCUT2D eigenvalue weighted by molar-refractivity contribution is 0.463. The van der Waals surface area contributed by atoms with Gasteiger partial charge in [-0.2, -0.15) is 0 Å². The smallest absolute Gasteiger partial charge is 0.449 e. The summed E-state index contributed by atoms with van der Waals surface area (Å²) in [6.45, 7) is -4.80. The summed E-state index contributed by atoms with van der Waals surface area (Å²) < 4.78 is 49.8. The maximum absolute atomic E-state index is 13.1. The summed E-state index contributed by atoms with van der Waals surface area (Å²) in [6, 6.07) is 5.68. The summed E-state index contributed by atoms with van der Waals surface area (Å²) >= 11 is 0. The lowest BCUT2D eigenvalue weighted by atomic mass is 9.81. The minimum absolute atomic E-state index is 0.0461. The topological polar surface area (TPSA) is 0 Å². The molecule has 0 nitrogen and oxygen atoms in total. The van der Waals surface area contributed by atoms with Crippen molar-refractivity contribution in [3.05, 3.63) is 35.6 Å². The van der Waals surface area contributed by atoms with Crippen molar-refractivity contribution in [3.63, 3.8) is 0 Å². The van der Waals surface area contributed by atoms with Crippen LogP contribution in [0.3, 0.4) is 0 Å². The van der Waals surface area contributed by atoms with Gasteiger partial charge in [0, 0.05) is 0 Å². The molecule has 0 heterocycles. The molecular weight excluding hydrogens is 195 g/mol. The molecule has 1 aliphatic carbocycles. The molecule has 0 aliphatic heterocycles. The molecule has 2 atom stereocenters. The molecule has 0 radical (unpaired) electrons. The minimum Gasteiger partial charge on any atom is -0.449 e. The molecule has 0 spiro atoms. The Bertz CT molecular complexity index is 347. The Labute approximate surface area is 79.0 Å². The molecule has 14 heavy (non-hydrogen) atoms. The Kier molecular flexibility index (Phi) is 2.05. The number of rotatable bonds is 2. The Balaban J connectivity index is 2.18. The van der Waals surface area contributed by atoms with Crippen LogP contribution in [-0.4, -0.2) is 6.98 Å². The molecule has 76 valence electrons. The number of benzene rings is 1. The molecule has 0 unspecified atom stereocenters. The van der Waals surface area contributed by atoms with Crippen LogP contribution >= 0.6 is 0 Å². The lowest BCUT2D eigenvalue weighted by Crippen LogP contribution is -2.15. The van der Waals surface area contributed by atoms with E-state index in [0.717, 1.165) is 0 Å². The molecule has 0 amide bonds. The van der Waals surface area contributed by atoms with Crippen molar-refractivity contribution in [1.82, 2.24) is 0 Å². The van der Waals surface area contributed by atoms with Crippen LogP contribution in [0.5, 0.6) is 0 Å². The first-order chi connectivity index (χ1) is 6.50. The average Bonchev–Trinajstić information content (AvgIpc) is 2.83. The van der Waals surface area contributed by atoms with Crippen LogP contribution in [0.1, 0.15) is 17.9 Å². The highest BCUT2D eigenvalue weighted by Crippen LogP contribution is 2.59. The van der Waals surface area contributed by atoms with E-state index in [4.69, 9.17) is 0 Å². The second-order valence-corrected chi connectivity index (χ2v) is 3.65. The number of hydrogen-bond donors (Lipinski definition) is 0. The van der Waals surface area contributed by atoms with E-state index in [1.54, 1.807) is 6.07 Å². The third kappa shape index (κ3) is 1.63. The van der Waals surface area contributed by atoms with Gasteiger partial charge in [0.05, 0.1) is 0 Å². The molecule has 1 aliphatic rings. The first-order valence-corrected chi connectivity index (χ1v) is 4.44. The van der Waals surface area contributed by atoms with Gasteiger partial charge in [-0.3, -0.25) is 0 Å². The van der Waals surface area contributed by atoms with Gasteiger partial charge in [0.15, 0.2) is 0 Å². The van der Waals surface area contributed by atoms with Crippen molar-refractivity contribution in [2.24, 2.45) is 0 Å². The Morgan fingerprint density at radius 2 is 1.79 bits per heavy atom.